The fourth-order valence-electron chi connectivity index (χ4n) is 6.13. The SMILES string of the molecule is COc1ccc2cc1OCCCN(C(=O)Cc1ccc3c(c1)OCO3)CC(=O)N[C@@H]([C@@H](C)O)C(=O)NCCc1c([nH]c3ccccc13)C2. The zero-order valence-electron chi connectivity index (χ0n) is 27.0. The van der Waals surface area contributed by atoms with Crippen molar-refractivity contribution < 1.29 is 38.4 Å². The van der Waals surface area contributed by atoms with Crippen LogP contribution >= 0.6 is 0 Å². The number of nitrogens with one attached hydrogen (secondary N) is 3. The van der Waals surface area contributed by atoms with Gasteiger partial charge in [0.05, 0.1) is 32.8 Å². The number of ether oxygens (including phenoxy) is 4. The van der Waals surface area contributed by atoms with Gasteiger partial charge in [0.2, 0.25) is 24.5 Å². The van der Waals surface area contributed by atoms with Gasteiger partial charge in [0.25, 0.3) is 0 Å². The van der Waals surface area contributed by atoms with Crippen LogP contribution in [0.15, 0.2) is 60.7 Å². The van der Waals surface area contributed by atoms with Crippen LogP contribution in [0.2, 0.25) is 0 Å². The van der Waals surface area contributed by atoms with E-state index in [1.807, 2.05) is 42.5 Å². The van der Waals surface area contributed by atoms with Crippen molar-refractivity contribution in [1.82, 2.24) is 20.5 Å². The molecular formula is C36H40N4O8. The van der Waals surface area contributed by atoms with E-state index < -0.39 is 24.0 Å². The first kappa shape index (κ1) is 32.7. The Morgan fingerprint density at radius 3 is 2.71 bits per heavy atom. The van der Waals surface area contributed by atoms with Crippen LogP contribution in [-0.2, 0) is 33.6 Å². The molecule has 12 nitrogen and oxygen atoms in total. The topological polar surface area (TPSA) is 151 Å². The van der Waals surface area contributed by atoms with Gasteiger partial charge in [-0.3, -0.25) is 14.4 Å². The first-order valence-electron chi connectivity index (χ1n) is 16.1. The van der Waals surface area contributed by atoms with Crippen LogP contribution < -0.4 is 29.6 Å². The number of aliphatic hydroxyl groups is 1. The van der Waals surface area contributed by atoms with Crippen LogP contribution in [-0.4, -0.2) is 85.0 Å². The zero-order valence-corrected chi connectivity index (χ0v) is 27.0. The quantitative estimate of drug-likeness (QED) is 0.262. The van der Waals surface area contributed by atoms with Crippen LogP contribution in [0.3, 0.4) is 0 Å². The molecule has 1 aromatic heterocycles. The van der Waals surface area contributed by atoms with Gasteiger partial charge < -0.3 is 44.6 Å². The minimum Gasteiger partial charge on any atom is -0.493 e. The van der Waals surface area contributed by atoms with E-state index in [4.69, 9.17) is 18.9 Å². The van der Waals surface area contributed by atoms with E-state index in [1.165, 1.54) is 11.8 Å². The molecule has 2 aliphatic rings. The van der Waals surface area contributed by atoms with Crippen LogP contribution in [0.25, 0.3) is 10.9 Å². The summed E-state index contributed by atoms with van der Waals surface area (Å²) in [6.07, 6.45) is 0.384. The van der Waals surface area contributed by atoms with Crippen molar-refractivity contribution in [2.45, 2.75) is 44.8 Å². The lowest BCUT2D eigenvalue weighted by Gasteiger charge is -2.25. The lowest BCUT2D eigenvalue weighted by Crippen LogP contribution is -2.55. The number of carbonyl (C=O) groups is 3. The molecule has 0 fully saturated rings. The van der Waals surface area contributed by atoms with Crippen molar-refractivity contribution in [3.05, 3.63) is 83.0 Å². The standard InChI is InChI=1S/C36H40N4O8/c1-22(41)35-36(44)37-13-12-26-25-6-3-4-7-27(25)38-28(26)16-23-8-10-29(45-2)31(17-23)46-15-5-14-40(20-33(42)39-35)34(43)19-24-9-11-30-32(18-24)48-21-47-30/h3-4,6-11,17-18,22,35,38,41H,5,12-16,19-21H2,1-2H3,(H,37,44)(H,39,42)/t22-,35+/m1/s1. The van der Waals surface area contributed by atoms with Gasteiger partial charge in [-0.15, -0.1) is 0 Å². The number of methoxy groups -OCH3 is 1. The molecule has 0 saturated carbocycles. The van der Waals surface area contributed by atoms with Gasteiger partial charge in [0.15, 0.2) is 23.0 Å². The number of para-hydroxylation sites is 1. The molecule has 2 aliphatic heterocycles. The molecule has 12 heteroatoms. The van der Waals surface area contributed by atoms with Crippen molar-refractivity contribution >= 4 is 28.6 Å². The highest BCUT2D eigenvalue weighted by Gasteiger charge is 2.28. The molecule has 2 atom stereocenters. The lowest BCUT2D eigenvalue weighted by molar-refractivity contribution is -0.137. The third-order valence-corrected chi connectivity index (χ3v) is 8.58. The zero-order chi connectivity index (χ0) is 33.6. The first-order chi connectivity index (χ1) is 23.3. The molecule has 6 rings (SSSR count). The van der Waals surface area contributed by atoms with E-state index >= 15 is 0 Å². The summed E-state index contributed by atoms with van der Waals surface area (Å²) in [5.41, 5.74) is 4.78. The van der Waals surface area contributed by atoms with Gasteiger partial charge in [-0.05, 0) is 66.8 Å². The molecule has 3 aromatic carbocycles. The minimum absolute atomic E-state index is 0.0236. The summed E-state index contributed by atoms with van der Waals surface area (Å²) in [6.45, 7) is 2.00. The molecule has 0 unspecified atom stereocenters. The summed E-state index contributed by atoms with van der Waals surface area (Å²) in [5, 5.41) is 17.1. The normalized spacial score (nSPS) is 18.0. The number of benzene rings is 3. The minimum atomic E-state index is -1.20. The number of aromatic amines is 1. The third kappa shape index (κ3) is 7.49. The number of aliphatic hydroxyl groups excluding tert-OH is 1. The monoisotopic (exact) mass is 656 g/mol. The summed E-state index contributed by atoms with van der Waals surface area (Å²) in [4.78, 5) is 45.1. The molecule has 0 saturated heterocycles. The molecule has 0 aliphatic carbocycles. The number of hydrogen-bond acceptors (Lipinski definition) is 8. The third-order valence-electron chi connectivity index (χ3n) is 8.58. The second kappa shape index (κ2) is 14.7. The summed E-state index contributed by atoms with van der Waals surface area (Å²) in [6, 6.07) is 17.9. The van der Waals surface area contributed by atoms with Crippen LogP contribution in [0.1, 0.15) is 35.7 Å². The van der Waals surface area contributed by atoms with Crippen molar-refractivity contribution in [3.63, 3.8) is 0 Å². The second-order valence-electron chi connectivity index (χ2n) is 12.0. The number of H-pyrrole nitrogens is 1. The maximum Gasteiger partial charge on any atom is 0.245 e. The Morgan fingerprint density at radius 1 is 1.04 bits per heavy atom. The molecule has 4 N–H and O–H groups in total. The van der Waals surface area contributed by atoms with Crippen molar-refractivity contribution in [2.75, 3.05) is 40.1 Å². The van der Waals surface area contributed by atoms with Gasteiger partial charge in [0.1, 0.15) is 6.04 Å². The maximum absolute atomic E-state index is 13.6. The lowest BCUT2D eigenvalue weighted by atomic mass is 10.0. The molecule has 2 bridgehead atoms. The molecular weight excluding hydrogens is 616 g/mol. The smallest absolute Gasteiger partial charge is 0.245 e. The van der Waals surface area contributed by atoms with E-state index in [9.17, 15) is 19.5 Å². The Morgan fingerprint density at radius 2 is 1.88 bits per heavy atom. The summed E-state index contributed by atoms with van der Waals surface area (Å²) in [7, 11) is 1.59. The van der Waals surface area contributed by atoms with Crippen LogP contribution in [0, 0.1) is 0 Å². The Kier molecular flexibility index (Phi) is 10.0. The van der Waals surface area contributed by atoms with Crippen molar-refractivity contribution in [3.8, 4) is 23.0 Å². The Labute approximate surface area is 278 Å². The van der Waals surface area contributed by atoms with Gasteiger partial charge in [-0.1, -0.05) is 30.3 Å². The van der Waals surface area contributed by atoms with E-state index in [0.29, 0.717) is 47.8 Å². The number of hydrogen-bond donors (Lipinski definition) is 4. The van der Waals surface area contributed by atoms with E-state index in [-0.39, 0.29) is 45.4 Å². The summed E-state index contributed by atoms with van der Waals surface area (Å²) < 4.78 is 22.6. The summed E-state index contributed by atoms with van der Waals surface area (Å²) in [5.74, 6) is 0.965. The predicted octanol–water partition coefficient (Wildman–Crippen LogP) is 2.87. The number of nitrogens with zero attached hydrogens (tertiary/aromatic N) is 1. The fraction of sp³-hybridized carbons (Fsp3) is 0.361. The first-order valence-corrected chi connectivity index (χ1v) is 16.1. The number of rotatable bonds is 4. The van der Waals surface area contributed by atoms with Crippen LogP contribution in [0.4, 0.5) is 0 Å². The maximum atomic E-state index is 13.6. The predicted molar refractivity (Wildman–Crippen MR) is 177 cm³/mol. The molecule has 0 spiro atoms. The molecule has 0 radical (unpaired) electrons. The van der Waals surface area contributed by atoms with E-state index in [2.05, 4.69) is 15.6 Å². The number of amides is 3. The molecule has 3 amide bonds. The Balaban J connectivity index is 1.26. The van der Waals surface area contributed by atoms with Crippen molar-refractivity contribution in [1.29, 1.82) is 0 Å². The van der Waals surface area contributed by atoms with Crippen LogP contribution in [0.5, 0.6) is 23.0 Å². The molecule has 48 heavy (non-hydrogen) atoms. The Bertz CT molecular complexity index is 1800. The number of fused-ring (bicyclic) bond motifs is 6. The van der Waals surface area contributed by atoms with Crippen molar-refractivity contribution in [2.24, 2.45) is 0 Å². The van der Waals surface area contributed by atoms with Gasteiger partial charge >= 0.3 is 0 Å². The highest BCUT2D eigenvalue weighted by atomic mass is 16.7. The van der Waals surface area contributed by atoms with Gasteiger partial charge in [-0.2, -0.15) is 0 Å². The largest absolute Gasteiger partial charge is 0.493 e. The summed E-state index contributed by atoms with van der Waals surface area (Å²) >= 11 is 0. The fourth-order valence-corrected chi connectivity index (χ4v) is 6.13. The Hall–Kier alpha value is -5.23. The van der Waals surface area contributed by atoms with Gasteiger partial charge in [-0.25, -0.2) is 0 Å². The number of carbonyl (C=O) groups excluding carboxylic acids is 3. The molecule has 4 aromatic rings. The second-order valence-corrected chi connectivity index (χ2v) is 12.0. The highest BCUT2D eigenvalue weighted by molar-refractivity contribution is 5.91. The number of aromatic nitrogens is 1. The van der Waals surface area contributed by atoms with E-state index in [0.717, 1.165) is 27.7 Å². The molecule has 3 heterocycles. The average molecular weight is 657 g/mol. The van der Waals surface area contributed by atoms with Gasteiger partial charge in [0, 0.05) is 36.1 Å². The average Bonchev–Trinajstić information content (AvgIpc) is 3.68. The highest BCUT2D eigenvalue weighted by Crippen LogP contribution is 2.33. The van der Waals surface area contributed by atoms with E-state index in [1.54, 1.807) is 25.3 Å². The molecule has 252 valence electrons.